The molecule has 29 heavy (non-hydrogen) atoms. The Bertz CT molecular complexity index is 1030. The van der Waals surface area contributed by atoms with Gasteiger partial charge in [0.05, 0.1) is 12.8 Å². The molecule has 2 aromatic carbocycles. The summed E-state index contributed by atoms with van der Waals surface area (Å²) in [6.07, 6.45) is 1.36. The third-order valence-electron chi connectivity index (χ3n) is 3.92. The first kappa shape index (κ1) is 20.7. The fourth-order valence-corrected chi connectivity index (χ4v) is 3.27. The highest BCUT2D eigenvalue weighted by atomic mass is 79.9. The van der Waals surface area contributed by atoms with Crippen molar-refractivity contribution in [1.82, 2.24) is 5.43 Å². The largest absolute Gasteiger partial charge is 0.493 e. The number of hydrazine groups is 1. The van der Waals surface area contributed by atoms with E-state index in [4.69, 9.17) is 26.2 Å². The monoisotopic (exact) mass is 480 g/mol. The van der Waals surface area contributed by atoms with E-state index in [0.717, 1.165) is 5.01 Å². The normalized spacial score (nSPS) is 14.9. The van der Waals surface area contributed by atoms with Crippen LogP contribution < -0.4 is 19.9 Å². The molecule has 10 heteroatoms. The number of benzene rings is 2. The predicted octanol–water partition coefficient (Wildman–Crippen LogP) is 3.04. The Balaban J connectivity index is 1.99. The van der Waals surface area contributed by atoms with E-state index < -0.39 is 24.4 Å². The van der Waals surface area contributed by atoms with Gasteiger partial charge in [0.25, 0.3) is 11.8 Å². The molecule has 1 heterocycles. The fraction of sp³-hybridized carbons (Fsp3) is 0.105. The van der Waals surface area contributed by atoms with Crippen LogP contribution in [0.1, 0.15) is 5.56 Å². The zero-order valence-electron chi connectivity index (χ0n) is 14.9. The number of hydrogen-bond donors (Lipinski definition) is 2. The average Bonchev–Trinajstić information content (AvgIpc) is 2.99. The van der Waals surface area contributed by atoms with E-state index in [9.17, 15) is 14.4 Å². The molecule has 0 unspecified atom stereocenters. The average molecular weight is 482 g/mol. The summed E-state index contributed by atoms with van der Waals surface area (Å²) >= 11 is 9.57. The maximum absolute atomic E-state index is 12.7. The molecule has 150 valence electrons. The number of nitrogens with one attached hydrogen (secondary N) is 1. The summed E-state index contributed by atoms with van der Waals surface area (Å²) in [6, 6.07) is 10.1. The number of amides is 2. The summed E-state index contributed by atoms with van der Waals surface area (Å²) in [5.41, 5.74) is 3.29. The van der Waals surface area contributed by atoms with Crippen LogP contribution in [0.25, 0.3) is 6.08 Å². The number of anilines is 1. The van der Waals surface area contributed by atoms with Crippen molar-refractivity contribution in [2.75, 3.05) is 18.7 Å². The molecule has 1 aliphatic heterocycles. The van der Waals surface area contributed by atoms with E-state index in [-0.39, 0.29) is 22.1 Å². The molecule has 1 saturated heterocycles. The van der Waals surface area contributed by atoms with Gasteiger partial charge in [-0.3, -0.25) is 15.0 Å². The van der Waals surface area contributed by atoms with Gasteiger partial charge in [0, 0.05) is 4.47 Å². The standard InChI is InChI=1S/C19H14BrClN2O6/c1-28-13-8-10(15(20)16(21)17(13)29-9-14(24)25)7-12-18(26)22-23(19(12)27)11-5-3-2-4-6-11/h2-8H,9H2,1H3,(H,22,26)(H,24,25)/b12-7-. The maximum atomic E-state index is 12.7. The summed E-state index contributed by atoms with van der Waals surface area (Å²) in [5, 5.41) is 9.99. The van der Waals surface area contributed by atoms with E-state index in [1.807, 2.05) is 0 Å². The molecule has 1 aliphatic rings. The van der Waals surface area contributed by atoms with Gasteiger partial charge in [0.15, 0.2) is 18.1 Å². The Morgan fingerprint density at radius 1 is 1.31 bits per heavy atom. The quantitative estimate of drug-likeness (QED) is 0.485. The van der Waals surface area contributed by atoms with Crippen LogP contribution in [0.5, 0.6) is 11.5 Å². The van der Waals surface area contributed by atoms with Crippen molar-refractivity contribution in [2.45, 2.75) is 0 Å². The minimum Gasteiger partial charge on any atom is -0.493 e. The predicted molar refractivity (Wildman–Crippen MR) is 109 cm³/mol. The van der Waals surface area contributed by atoms with Crippen LogP contribution in [0.2, 0.25) is 5.02 Å². The summed E-state index contributed by atoms with van der Waals surface area (Å²) < 4.78 is 10.7. The Kier molecular flexibility index (Phi) is 6.09. The van der Waals surface area contributed by atoms with Crippen LogP contribution in [-0.2, 0) is 14.4 Å². The molecule has 1 fully saturated rings. The van der Waals surface area contributed by atoms with Gasteiger partial charge >= 0.3 is 5.97 Å². The van der Waals surface area contributed by atoms with Crippen molar-refractivity contribution >= 4 is 57.1 Å². The minimum atomic E-state index is -1.18. The second-order valence-electron chi connectivity index (χ2n) is 5.78. The first-order valence-corrected chi connectivity index (χ1v) is 9.33. The number of ether oxygens (including phenoxy) is 2. The Hall–Kier alpha value is -3.04. The Morgan fingerprint density at radius 3 is 2.62 bits per heavy atom. The van der Waals surface area contributed by atoms with Crippen LogP contribution >= 0.6 is 27.5 Å². The number of carboxylic acids is 1. The van der Waals surface area contributed by atoms with Gasteiger partial charge in [-0.25, -0.2) is 9.80 Å². The first-order chi connectivity index (χ1) is 13.8. The highest BCUT2D eigenvalue weighted by molar-refractivity contribution is 9.10. The van der Waals surface area contributed by atoms with E-state index in [0.29, 0.717) is 15.7 Å². The summed E-state index contributed by atoms with van der Waals surface area (Å²) in [7, 11) is 1.36. The second kappa shape index (κ2) is 8.54. The van der Waals surface area contributed by atoms with Gasteiger partial charge in [0.2, 0.25) is 0 Å². The smallest absolute Gasteiger partial charge is 0.341 e. The van der Waals surface area contributed by atoms with E-state index in [1.165, 1.54) is 19.3 Å². The van der Waals surface area contributed by atoms with Crippen molar-refractivity contribution in [3.05, 3.63) is 57.0 Å². The van der Waals surface area contributed by atoms with Crippen molar-refractivity contribution in [3.8, 4) is 11.5 Å². The minimum absolute atomic E-state index is 0.0266. The summed E-state index contributed by atoms with van der Waals surface area (Å²) in [5.74, 6) is -2.11. The number of carboxylic acid groups (broad SMARTS) is 1. The van der Waals surface area contributed by atoms with Crippen LogP contribution in [0.3, 0.4) is 0 Å². The molecule has 3 rings (SSSR count). The second-order valence-corrected chi connectivity index (χ2v) is 6.95. The molecule has 2 aromatic rings. The number of carbonyl (C=O) groups is 3. The van der Waals surface area contributed by atoms with E-state index >= 15 is 0 Å². The van der Waals surface area contributed by atoms with Crippen molar-refractivity contribution in [1.29, 1.82) is 0 Å². The summed E-state index contributed by atoms with van der Waals surface area (Å²) in [4.78, 5) is 35.8. The molecule has 2 amide bonds. The van der Waals surface area contributed by atoms with Gasteiger partial charge in [-0.15, -0.1) is 0 Å². The van der Waals surface area contributed by atoms with E-state index in [2.05, 4.69) is 21.4 Å². The number of para-hydroxylation sites is 1. The number of carbonyl (C=O) groups excluding carboxylic acids is 2. The van der Waals surface area contributed by atoms with Gasteiger partial charge < -0.3 is 14.6 Å². The lowest BCUT2D eigenvalue weighted by atomic mass is 10.1. The molecule has 8 nitrogen and oxygen atoms in total. The molecule has 0 aliphatic carbocycles. The molecule has 0 aromatic heterocycles. The van der Waals surface area contributed by atoms with Gasteiger partial charge in [-0.2, -0.15) is 0 Å². The van der Waals surface area contributed by atoms with Crippen molar-refractivity contribution < 1.29 is 29.0 Å². The molecule has 0 saturated carbocycles. The number of nitrogens with zero attached hydrogens (tertiary/aromatic N) is 1. The van der Waals surface area contributed by atoms with Crippen LogP contribution in [0, 0.1) is 0 Å². The molecule has 0 bridgehead atoms. The third kappa shape index (κ3) is 4.20. The van der Waals surface area contributed by atoms with E-state index in [1.54, 1.807) is 30.3 Å². The highest BCUT2D eigenvalue weighted by Gasteiger charge is 2.34. The molecule has 0 spiro atoms. The third-order valence-corrected chi connectivity index (χ3v) is 5.36. The number of aliphatic carboxylic acids is 1. The molecule has 2 N–H and O–H groups in total. The lowest BCUT2D eigenvalue weighted by molar-refractivity contribution is -0.139. The number of methoxy groups -OCH3 is 1. The lowest BCUT2D eigenvalue weighted by Gasteiger charge is -2.14. The number of hydrogen-bond acceptors (Lipinski definition) is 5. The van der Waals surface area contributed by atoms with Gasteiger partial charge in [0.1, 0.15) is 10.6 Å². The van der Waals surface area contributed by atoms with Crippen molar-refractivity contribution in [3.63, 3.8) is 0 Å². The SMILES string of the molecule is COc1cc(/C=C2/C(=O)NN(c3ccccc3)C2=O)c(Br)c(Cl)c1OCC(=O)O. The highest BCUT2D eigenvalue weighted by Crippen LogP contribution is 2.43. The zero-order valence-corrected chi connectivity index (χ0v) is 17.3. The van der Waals surface area contributed by atoms with Gasteiger partial charge in [-0.05, 0) is 45.8 Å². The van der Waals surface area contributed by atoms with Crippen molar-refractivity contribution in [2.24, 2.45) is 0 Å². The van der Waals surface area contributed by atoms with Gasteiger partial charge in [-0.1, -0.05) is 29.8 Å². The molecule has 0 atom stereocenters. The lowest BCUT2D eigenvalue weighted by Crippen LogP contribution is -2.35. The zero-order chi connectivity index (χ0) is 21.1. The Labute approximate surface area is 178 Å². The Morgan fingerprint density at radius 2 is 2.00 bits per heavy atom. The molecule has 0 radical (unpaired) electrons. The first-order valence-electron chi connectivity index (χ1n) is 8.16. The van der Waals surface area contributed by atoms with Crippen LogP contribution in [-0.4, -0.2) is 36.6 Å². The van der Waals surface area contributed by atoms with Crippen LogP contribution in [0.4, 0.5) is 5.69 Å². The maximum Gasteiger partial charge on any atom is 0.341 e. The van der Waals surface area contributed by atoms with Crippen LogP contribution in [0.15, 0.2) is 46.4 Å². The number of halogens is 2. The molecular formula is C19H14BrClN2O6. The number of rotatable bonds is 6. The molecular weight excluding hydrogens is 468 g/mol. The topological polar surface area (TPSA) is 105 Å². The fourth-order valence-electron chi connectivity index (χ4n) is 2.60. The summed E-state index contributed by atoms with van der Waals surface area (Å²) in [6.45, 7) is -0.615.